The molecule has 0 atom stereocenters. The molecule has 0 saturated heterocycles. The summed E-state index contributed by atoms with van der Waals surface area (Å²) in [5.41, 5.74) is 4.02. The van der Waals surface area contributed by atoms with Crippen LogP contribution in [0.4, 0.5) is 13.2 Å². The van der Waals surface area contributed by atoms with Crippen molar-refractivity contribution in [1.82, 2.24) is 4.98 Å². The summed E-state index contributed by atoms with van der Waals surface area (Å²) in [7, 11) is 0. The zero-order valence-corrected chi connectivity index (χ0v) is 7.15. The average Bonchev–Trinajstić information content (AvgIpc) is 2.03. The summed E-state index contributed by atoms with van der Waals surface area (Å²) in [6.45, 7) is -0.258. The molecule has 2 nitrogen and oxygen atoms in total. The zero-order valence-electron chi connectivity index (χ0n) is 6.40. The molecule has 0 fully saturated rings. The van der Waals surface area contributed by atoms with Gasteiger partial charge in [-0.1, -0.05) is 11.6 Å². The van der Waals surface area contributed by atoms with E-state index in [1.165, 1.54) is 0 Å². The van der Waals surface area contributed by atoms with Crippen LogP contribution in [-0.4, -0.2) is 4.98 Å². The van der Waals surface area contributed by atoms with Crippen LogP contribution >= 0.6 is 11.6 Å². The summed E-state index contributed by atoms with van der Waals surface area (Å²) in [5, 5.41) is -0.0514. The van der Waals surface area contributed by atoms with Crippen molar-refractivity contribution in [3.63, 3.8) is 0 Å². The third kappa shape index (κ3) is 2.32. The zero-order chi connectivity index (χ0) is 10.1. The van der Waals surface area contributed by atoms with Gasteiger partial charge in [0.05, 0.1) is 16.3 Å². The molecule has 1 aromatic rings. The predicted octanol–water partition coefficient (Wildman–Crippen LogP) is 2.21. The van der Waals surface area contributed by atoms with Gasteiger partial charge in [0.2, 0.25) is 0 Å². The van der Waals surface area contributed by atoms with E-state index in [0.29, 0.717) is 0 Å². The lowest BCUT2D eigenvalue weighted by Crippen LogP contribution is -2.13. The molecule has 1 aromatic heterocycles. The van der Waals surface area contributed by atoms with Crippen molar-refractivity contribution < 1.29 is 13.2 Å². The van der Waals surface area contributed by atoms with Crippen molar-refractivity contribution in [1.29, 1.82) is 0 Å². The highest BCUT2D eigenvalue weighted by Crippen LogP contribution is 2.32. The second-order valence-electron chi connectivity index (χ2n) is 2.35. The Balaban J connectivity index is 3.24. The van der Waals surface area contributed by atoms with Gasteiger partial charge in [0, 0.05) is 12.7 Å². The monoisotopic (exact) mass is 210 g/mol. The molecule has 0 aliphatic rings. The topological polar surface area (TPSA) is 38.9 Å². The number of alkyl halides is 3. The normalized spacial score (nSPS) is 11.8. The third-order valence-corrected chi connectivity index (χ3v) is 1.64. The van der Waals surface area contributed by atoms with Gasteiger partial charge >= 0.3 is 6.18 Å². The molecule has 0 unspecified atom stereocenters. The van der Waals surface area contributed by atoms with E-state index < -0.39 is 11.7 Å². The Hall–Kier alpha value is -0.810. The van der Waals surface area contributed by atoms with Crippen molar-refractivity contribution in [2.75, 3.05) is 0 Å². The van der Waals surface area contributed by atoms with Crippen molar-refractivity contribution >= 4 is 11.6 Å². The number of pyridine rings is 1. The first-order valence-corrected chi connectivity index (χ1v) is 3.74. The van der Waals surface area contributed by atoms with Crippen LogP contribution in [0, 0.1) is 0 Å². The fourth-order valence-corrected chi connectivity index (χ4v) is 1.03. The summed E-state index contributed by atoms with van der Waals surface area (Å²) in [5.74, 6) is 0. The largest absolute Gasteiger partial charge is 0.418 e. The van der Waals surface area contributed by atoms with Crippen LogP contribution in [0.1, 0.15) is 11.3 Å². The number of nitrogens with two attached hydrogens (primary N) is 1. The van der Waals surface area contributed by atoms with Crippen LogP contribution in [-0.2, 0) is 12.7 Å². The lowest BCUT2D eigenvalue weighted by molar-refractivity contribution is -0.138. The Morgan fingerprint density at radius 3 is 2.54 bits per heavy atom. The van der Waals surface area contributed by atoms with E-state index in [1.807, 2.05) is 0 Å². The molecule has 0 saturated carbocycles. The highest BCUT2D eigenvalue weighted by molar-refractivity contribution is 6.30. The van der Waals surface area contributed by atoms with Crippen LogP contribution in [0.2, 0.25) is 5.02 Å². The minimum absolute atomic E-state index is 0.0514. The lowest BCUT2D eigenvalue weighted by Gasteiger charge is -2.10. The van der Waals surface area contributed by atoms with E-state index in [-0.39, 0.29) is 17.3 Å². The number of hydrogen-bond donors (Lipinski definition) is 1. The molecule has 13 heavy (non-hydrogen) atoms. The maximum absolute atomic E-state index is 12.3. The van der Waals surface area contributed by atoms with E-state index in [0.717, 1.165) is 12.3 Å². The standard InChI is InChI=1S/C7H6ClF3N2/c8-4-1-5(7(9,10)11)6(2-12)13-3-4/h1,3H,2,12H2. The summed E-state index contributed by atoms with van der Waals surface area (Å²) in [6.07, 6.45) is -3.31. The molecule has 2 N–H and O–H groups in total. The first kappa shape index (κ1) is 10.3. The highest BCUT2D eigenvalue weighted by atomic mass is 35.5. The molecule has 0 aliphatic carbocycles. The van der Waals surface area contributed by atoms with Gasteiger partial charge in [-0.2, -0.15) is 13.2 Å². The van der Waals surface area contributed by atoms with Crippen LogP contribution in [0.25, 0.3) is 0 Å². The molecule has 6 heteroatoms. The molecule has 72 valence electrons. The van der Waals surface area contributed by atoms with Gasteiger partial charge in [0.15, 0.2) is 0 Å². The maximum atomic E-state index is 12.3. The van der Waals surface area contributed by atoms with Gasteiger partial charge in [0.25, 0.3) is 0 Å². The number of aromatic nitrogens is 1. The summed E-state index contributed by atoms with van der Waals surface area (Å²) in [4.78, 5) is 3.49. The SMILES string of the molecule is NCc1ncc(Cl)cc1C(F)(F)F. The molecule has 0 spiro atoms. The van der Waals surface area contributed by atoms with Crippen molar-refractivity contribution in [2.45, 2.75) is 12.7 Å². The van der Waals surface area contributed by atoms with Gasteiger partial charge in [-0.05, 0) is 6.07 Å². The highest BCUT2D eigenvalue weighted by Gasteiger charge is 2.33. The van der Waals surface area contributed by atoms with Crippen molar-refractivity contribution in [3.05, 3.63) is 28.5 Å². The van der Waals surface area contributed by atoms with E-state index in [9.17, 15) is 13.2 Å². The number of hydrogen-bond acceptors (Lipinski definition) is 2. The summed E-state index contributed by atoms with van der Waals surface area (Å²) in [6, 6.07) is 0.816. The number of halogens is 4. The molecular formula is C7H6ClF3N2. The van der Waals surface area contributed by atoms with Crippen LogP contribution in [0.15, 0.2) is 12.3 Å². The average molecular weight is 211 g/mol. The molecule has 0 aromatic carbocycles. The molecule has 0 amide bonds. The smallest absolute Gasteiger partial charge is 0.325 e. The van der Waals surface area contributed by atoms with Gasteiger partial charge in [-0.3, -0.25) is 4.98 Å². The molecule has 0 aliphatic heterocycles. The van der Waals surface area contributed by atoms with E-state index in [1.54, 1.807) is 0 Å². The van der Waals surface area contributed by atoms with E-state index in [2.05, 4.69) is 4.98 Å². The first-order valence-electron chi connectivity index (χ1n) is 3.37. The molecule has 0 radical (unpaired) electrons. The Morgan fingerprint density at radius 1 is 1.46 bits per heavy atom. The molecular weight excluding hydrogens is 205 g/mol. The predicted molar refractivity (Wildman–Crippen MR) is 42.1 cm³/mol. The second-order valence-corrected chi connectivity index (χ2v) is 2.79. The fourth-order valence-electron chi connectivity index (χ4n) is 0.876. The summed E-state index contributed by atoms with van der Waals surface area (Å²) >= 11 is 5.38. The van der Waals surface area contributed by atoms with E-state index >= 15 is 0 Å². The van der Waals surface area contributed by atoms with E-state index in [4.69, 9.17) is 17.3 Å². The van der Waals surface area contributed by atoms with Gasteiger partial charge in [-0.25, -0.2) is 0 Å². The molecule has 0 bridgehead atoms. The minimum Gasteiger partial charge on any atom is -0.325 e. The Bertz CT molecular complexity index is 311. The van der Waals surface area contributed by atoms with Crippen LogP contribution < -0.4 is 5.73 Å². The van der Waals surface area contributed by atoms with Crippen molar-refractivity contribution in [2.24, 2.45) is 5.73 Å². The second kappa shape index (κ2) is 3.51. The lowest BCUT2D eigenvalue weighted by atomic mass is 10.2. The van der Waals surface area contributed by atoms with Gasteiger partial charge < -0.3 is 5.73 Å². The number of nitrogens with zero attached hydrogens (tertiary/aromatic N) is 1. The first-order chi connectivity index (χ1) is 5.95. The maximum Gasteiger partial charge on any atom is 0.418 e. The minimum atomic E-state index is -4.45. The number of rotatable bonds is 1. The van der Waals surface area contributed by atoms with Crippen LogP contribution in [0.3, 0.4) is 0 Å². The molecule has 1 heterocycles. The fraction of sp³-hybridized carbons (Fsp3) is 0.286. The van der Waals surface area contributed by atoms with Gasteiger partial charge in [0.1, 0.15) is 0 Å². The molecule has 1 rings (SSSR count). The van der Waals surface area contributed by atoms with Gasteiger partial charge in [-0.15, -0.1) is 0 Å². The summed E-state index contributed by atoms with van der Waals surface area (Å²) < 4.78 is 36.8. The Kier molecular flexibility index (Phi) is 2.77. The Morgan fingerprint density at radius 2 is 2.08 bits per heavy atom. The van der Waals surface area contributed by atoms with Crippen LogP contribution in [0.5, 0.6) is 0 Å². The third-order valence-electron chi connectivity index (χ3n) is 1.44. The van der Waals surface area contributed by atoms with Crippen molar-refractivity contribution in [3.8, 4) is 0 Å². The Labute approximate surface area is 77.5 Å². The quantitative estimate of drug-likeness (QED) is 0.772.